The van der Waals surface area contributed by atoms with Crippen LogP contribution in [0.25, 0.3) is 0 Å². The highest BCUT2D eigenvalue weighted by Gasteiger charge is 2.60. The fourth-order valence-electron chi connectivity index (χ4n) is 6.74. The predicted octanol–water partition coefficient (Wildman–Crippen LogP) is 4.95. The van der Waals surface area contributed by atoms with Gasteiger partial charge >= 0.3 is 0 Å². The molecular formula is C17H24ClNO. The number of alkyl halides is 1. The highest BCUT2D eigenvalue weighted by Crippen LogP contribution is 2.70. The van der Waals surface area contributed by atoms with Crippen LogP contribution in [0.5, 0.6) is 0 Å². The summed E-state index contributed by atoms with van der Waals surface area (Å²) < 4.78 is 5.79. The second-order valence-electron chi connectivity index (χ2n) is 8.66. The van der Waals surface area contributed by atoms with Crippen molar-refractivity contribution in [3.8, 4) is 0 Å². The van der Waals surface area contributed by atoms with E-state index in [1.54, 1.807) is 0 Å². The first-order valence-electron chi connectivity index (χ1n) is 7.91. The van der Waals surface area contributed by atoms with Gasteiger partial charge < -0.3 is 4.42 Å². The molecule has 1 heterocycles. The van der Waals surface area contributed by atoms with Gasteiger partial charge in [0.15, 0.2) is 0 Å². The van der Waals surface area contributed by atoms with Crippen molar-refractivity contribution < 1.29 is 4.42 Å². The summed E-state index contributed by atoms with van der Waals surface area (Å²) in [4.78, 5) is 4.27. The van der Waals surface area contributed by atoms with Crippen LogP contribution in [0.1, 0.15) is 64.0 Å². The Kier molecular flexibility index (Phi) is 2.66. The van der Waals surface area contributed by atoms with E-state index in [2.05, 4.69) is 18.8 Å². The molecule has 4 fully saturated rings. The van der Waals surface area contributed by atoms with Gasteiger partial charge in [-0.2, -0.15) is 0 Å². The molecule has 0 radical (unpaired) electrons. The second-order valence-corrected chi connectivity index (χ2v) is 8.93. The number of oxazole rings is 1. The van der Waals surface area contributed by atoms with E-state index >= 15 is 0 Å². The molecule has 0 amide bonds. The fourth-order valence-corrected chi connectivity index (χ4v) is 6.87. The minimum absolute atomic E-state index is 0.380. The first-order valence-corrected chi connectivity index (χ1v) is 8.45. The average Bonchev–Trinajstić information content (AvgIpc) is 2.70. The zero-order valence-electron chi connectivity index (χ0n) is 12.5. The van der Waals surface area contributed by atoms with E-state index in [0.717, 1.165) is 18.1 Å². The first-order chi connectivity index (χ1) is 9.42. The minimum Gasteiger partial charge on any atom is -0.444 e. The summed E-state index contributed by atoms with van der Waals surface area (Å²) in [6, 6.07) is 0. The molecule has 20 heavy (non-hydrogen) atoms. The van der Waals surface area contributed by atoms with Crippen LogP contribution in [0.2, 0.25) is 0 Å². The van der Waals surface area contributed by atoms with Crippen LogP contribution in [-0.4, -0.2) is 4.98 Å². The van der Waals surface area contributed by atoms with E-state index in [9.17, 15) is 0 Å². The lowest BCUT2D eigenvalue weighted by Gasteiger charge is -2.65. The number of rotatable bonds is 3. The van der Waals surface area contributed by atoms with Crippen LogP contribution in [0.3, 0.4) is 0 Å². The topological polar surface area (TPSA) is 26.0 Å². The molecule has 4 aliphatic carbocycles. The Hall–Kier alpha value is -0.500. The Morgan fingerprint density at radius 2 is 1.90 bits per heavy atom. The summed E-state index contributed by atoms with van der Waals surface area (Å²) in [7, 11) is 0. The number of halogens is 1. The SMILES string of the molecule is CC12CC3CC(C)(C1)CC(Cc1cnc(CCl)o1)(C3)C2. The normalized spacial score (nSPS) is 46.0. The fraction of sp³-hybridized carbons (Fsp3) is 0.824. The third-order valence-electron chi connectivity index (χ3n) is 6.01. The molecule has 0 spiro atoms. The molecule has 0 aromatic carbocycles. The number of hydrogen-bond donors (Lipinski definition) is 0. The smallest absolute Gasteiger partial charge is 0.209 e. The van der Waals surface area contributed by atoms with Crippen LogP contribution >= 0.6 is 11.6 Å². The van der Waals surface area contributed by atoms with Gasteiger partial charge in [-0.3, -0.25) is 0 Å². The standard InChI is InChI=1S/C17H24ClNO/c1-15-3-12-4-16(2,9-15)11-17(5-12,10-15)6-13-8-19-14(7-18)20-13/h8,12H,3-7,9-11H2,1-2H3. The van der Waals surface area contributed by atoms with Crippen molar-refractivity contribution >= 4 is 11.6 Å². The van der Waals surface area contributed by atoms with Crippen molar-refractivity contribution in [2.45, 2.75) is 64.7 Å². The van der Waals surface area contributed by atoms with Gasteiger partial charge in [-0.1, -0.05) is 13.8 Å². The van der Waals surface area contributed by atoms with Crippen LogP contribution in [0.15, 0.2) is 10.6 Å². The van der Waals surface area contributed by atoms with Crippen LogP contribution in [0.4, 0.5) is 0 Å². The molecule has 3 heteroatoms. The summed E-state index contributed by atoms with van der Waals surface area (Å²) in [5.74, 6) is 3.04. The first kappa shape index (κ1) is 13.2. The maximum atomic E-state index is 5.80. The summed E-state index contributed by atoms with van der Waals surface area (Å²) in [6.07, 6.45) is 11.5. The van der Waals surface area contributed by atoms with Gasteiger partial charge in [-0.05, 0) is 60.7 Å². The number of nitrogens with zero attached hydrogens (tertiary/aromatic N) is 1. The third-order valence-corrected chi connectivity index (χ3v) is 6.24. The van der Waals surface area contributed by atoms with Gasteiger partial charge in [0.2, 0.25) is 5.89 Å². The molecule has 110 valence electrons. The molecule has 2 nitrogen and oxygen atoms in total. The van der Waals surface area contributed by atoms with Crippen molar-refractivity contribution in [3.05, 3.63) is 17.8 Å². The Bertz CT molecular complexity index is 519. The van der Waals surface area contributed by atoms with E-state index in [-0.39, 0.29) is 0 Å². The van der Waals surface area contributed by atoms with Crippen LogP contribution in [-0.2, 0) is 12.3 Å². The Morgan fingerprint density at radius 1 is 1.20 bits per heavy atom. The minimum atomic E-state index is 0.380. The highest BCUT2D eigenvalue weighted by molar-refractivity contribution is 6.16. The zero-order chi connectivity index (χ0) is 14.0. The lowest BCUT2D eigenvalue weighted by atomic mass is 9.40. The number of aromatic nitrogens is 1. The molecule has 1 aromatic heterocycles. The Balaban J connectivity index is 1.63. The van der Waals surface area contributed by atoms with Gasteiger partial charge in [-0.15, -0.1) is 11.6 Å². The average molecular weight is 294 g/mol. The molecule has 4 saturated carbocycles. The van der Waals surface area contributed by atoms with Gasteiger partial charge in [0.05, 0.1) is 12.1 Å². The quantitative estimate of drug-likeness (QED) is 0.737. The van der Waals surface area contributed by atoms with E-state index in [1.807, 2.05) is 6.20 Å². The van der Waals surface area contributed by atoms with E-state index < -0.39 is 0 Å². The van der Waals surface area contributed by atoms with Crippen molar-refractivity contribution in [3.63, 3.8) is 0 Å². The molecule has 2 atom stereocenters. The zero-order valence-corrected chi connectivity index (χ0v) is 13.3. The Labute approximate surface area is 126 Å². The molecule has 4 bridgehead atoms. The second kappa shape index (κ2) is 4.03. The molecule has 0 N–H and O–H groups in total. The van der Waals surface area contributed by atoms with Gasteiger partial charge in [0, 0.05) is 6.42 Å². The lowest BCUT2D eigenvalue weighted by Crippen LogP contribution is -2.55. The largest absolute Gasteiger partial charge is 0.444 e. The third kappa shape index (κ3) is 2.03. The molecule has 0 saturated heterocycles. The predicted molar refractivity (Wildman–Crippen MR) is 79.6 cm³/mol. The van der Waals surface area contributed by atoms with Crippen molar-refractivity contribution in [1.29, 1.82) is 0 Å². The number of hydrogen-bond acceptors (Lipinski definition) is 2. The van der Waals surface area contributed by atoms with Gasteiger partial charge in [0.25, 0.3) is 0 Å². The molecule has 5 rings (SSSR count). The van der Waals surface area contributed by atoms with Gasteiger partial charge in [0.1, 0.15) is 5.76 Å². The highest BCUT2D eigenvalue weighted by atomic mass is 35.5. The van der Waals surface area contributed by atoms with Gasteiger partial charge in [-0.25, -0.2) is 4.98 Å². The summed E-state index contributed by atoms with van der Waals surface area (Å²) in [6.45, 7) is 5.05. The van der Waals surface area contributed by atoms with Crippen molar-refractivity contribution in [2.24, 2.45) is 22.2 Å². The van der Waals surface area contributed by atoms with E-state index in [0.29, 0.717) is 28.0 Å². The summed E-state index contributed by atoms with van der Waals surface area (Å²) >= 11 is 5.80. The molecule has 0 aliphatic heterocycles. The maximum Gasteiger partial charge on any atom is 0.209 e. The lowest BCUT2D eigenvalue weighted by molar-refractivity contribution is -0.145. The molecule has 1 aromatic rings. The molecule has 2 unspecified atom stereocenters. The van der Waals surface area contributed by atoms with Crippen LogP contribution < -0.4 is 0 Å². The Morgan fingerprint density at radius 3 is 2.45 bits per heavy atom. The van der Waals surface area contributed by atoms with Crippen molar-refractivity contribution in [1.82, 2.24) is 4.98 Å². The molecule has 4 aliphatic rings. The van der Waals surface area contributed by atoms with Crippen LogP contribution in [0, 0.1) is 22.2 Å². The van der Waals surface area contributed by atoms with E-state index in [1.165, 1.54) is 38.5 Å². The maximum absolute atomic E-state index is 5.80. The van der Waals surface area contributed by atoms with E-state index in [4.69, 9.17) is 16.0 Å². The summed E-state index contributed by atoms with van der Waals surface area (Å²) in [5.41, 5.74) is 1.61. The monoisotopic (exact) mass is 293 g/mol. The summed E-state index contributed by atoms with van der Waals surface area (Å²) in [5, 5.41) is 0. The van der Waals surface area contributed by atoms with Crippen molar-refractivity contribution in [2.75, 3.05) is 0 Å². The molecular weight excluding hydrogens is 270 g/mol.